The molecule has 70 valence electrons. The zero-order chi connectivity index (χ0) is 9.19. The van der Waals surface area contributed by atoms with Crippen molar-refractivity contribution in [1.82, 2.24) is 0 Å². The molecule has 1 aliphatic rings. The predicted molar refractivity (Wildman–Crippen MR) is 42.5 cm³/mol. The minimum absolute atomic E-state index is 0.0394. The van der Waals surface area contributed by atoms with Crippen LogP contribution in [0.4, 0.5) is 4.39 Å². The van der Waals surface area contributed by atoms with Crippen LogP contribution < -0.4 is 5.73 Å². The molecular weight excluding hydrogens is 161 g/mol. The Hall–Kier alpha value is -0.640. The number of rotatable bonds is 1. The average molecular weight is 175 g/mol. The number of aliphatic carboxylic acids is 1. The molecule has 0 spiro atoms. The van der Waals surface area contributed by atoms with Crippen LogP contribution in [0.2, 0.25) is 0 Å². The maximum absolute atomic E-state index is 13.5. The fourth-order valence-corrected chi connectivity index (χ4v) is 1.63. The number of carbonyl (C=O) groups is 1. The molecule has 0 aromatic rings. The molecule has 0 aromatic heterocycles. The highest BCUT2D eigenvalue weighted by Crippen LogP contribution is 2.30. The Balaban J connectivity index is 2.67. The van der Waals surface area contributed by atoms with Crippen molar-refractivity contribution in [3.63, 3.8) is 0 Å². The normalized spacial score (nSPS) is 37.3. The summed E-state index contributed by atoms with van der Waals surface area (Å²) in [7, 11) is 0. The average Bonchev–Trinajstić information content (AvgIpc) is 2.12. The summed E-state index contributed by atoms with van der Waals surface area (Å²) >= 11 is 0. The van der Waals surface area contributed by atoms with Gasteiger partial charge in [0.1, 0.15) is 0 Å². The Labute approximate surface area is 70.7 Å². The third kappa shape index (κ3) is 1.94. The van der Waals surface area contributed by atoms with E-state index in [2.05, 4.69) is 0 Å². The van der Waals surface area contributed by atoms with Gasteiger partial charge in [-0.05, 0) is 19.3 Å². The number of carboxylic acid groups (broad SMARTS) is 1. The fourth-order valence-electron chi connectivity index (χ4n) is 1.63. The van der Waals surface area contributed by atoms with Gasteiger partial charge in [0, 0.05) is 12.5 Å². The van der Waals surface area contributed by atoms with Crippen molar-refractivity contribution in [2.45, 2.75) is 43.8 Å². The minimum atomic E-state index is -2.07. The van der Waals surface area contributed by atoms with Gasteiger partial charge in [-0.2, -0.15) is 0 Å². The molecule has 2 atom stereocenters. The van der Waals surface area contributed by atoms with Crippen molar-refractivity contribution in [2.24, 2.45) is 5.73 Å². The summed E-state index contributed by atoms with van der Waals surface area (Å²) < 4.78 is 13.5. The molecule has 4 heteroatoms. The molecule has 0 heterocycles. The summed E-state index contributed by atoms with van der Waals surface area (Å²) in [5.74, 6) is -1.36. The van der Waals surface area contributed by atoms with Gasteiger partial charge in [-0.1, -0.05) is 6.42 Å². The highest BCUT2D eigenvalue weighted by Gasteiger charge is 2.40. The first-order valence-electron chi connectivity index (χ1n) is 4.22. The Morgan fingerprint density at radius 2 is 2.25 bits per heavy atom. The quantitative estimate of drug-likeness (QED) is 0.586. The Bertz CT molecular complexity index is 186. The third-order valence-electron chi connectivity index (χ3n) is 2.37. The highest BCUT2D eigenvalue weighted by molar-refractivity contribution is 5.77. The molecule has 1 aliphatic carbocycles. The lowest BCUT2D eigenvalue weighted by atomic mass is 9.95. The van der Waals surface area contributed by atoms with Gasteiger partial charge in [0.05, 0.1) is 0 Å². The lowest BCUT2D eigenvalue weighted by molar-refractivity contribution is -0.152. The fraction of sp³-hybridized carbons (Fsp3) is 0.875. The summed E-state index contributed by atoms with van der Waals surface area (Å²) in [6, 6.07) is -0.298. The van der Waals surface area contributed by atoms with Crippen LogP contribution in [0.25, 0.3) is 0 Å². The molecule has 12 heavy (non-hydrogen) atoms. The number of halogens is 1. The summed E-state index contributed by atoms with van der Waals surface area (Å²) in [5.41, 5.74) is 3.47. The van der Waals surface area contributed by atoms with E-state index in [1.807, 2.05) is 0 Å². The Morgan fingerprint density at radius 1 is 1.58 bits per heavy atom. The number of hydrogen-bond donors (Lipinski definition) is 2. The van der Waals surface area contributed by atoms with E-state index in [4.69, 9.17) is 10.8 Å². The monoisotopic (exact) mass is 175 g/mol. The molecule has 0 unspecified atom stereocenters. The third-order valence-corrected chi connectivity index (χ3v) is 2.37. The molecule has 3 N–H and O–H groups in total. The maximum atomic E-state index is 13.5. The molecule has 0 aliphatic heterocycles. The molecule has 0 saturated heterocycles. The van der Waals surface area contributed by atoms with Crippen LogP contribution in [0.1, 0.15) is 32.1 Å². The van der Waals surface area contributed by atoms with E-state index in [1.54, 1.807) is 0 Å². The maximum Gasteiger partial charge on any atom is 0.341 e. The van der Waals surface area contributed by atoms with Crippen LogP contribution in [0.5, 0.6) is 0 Å². The first-order chi connectivity index (χ1) is 5.54. The summed E-state index contributed by atoms with van der Waals surface area (Å²) in [5, 5.41) is 8.61. The van der Waals surface area contributed by atoms with Gasteiger partial charge in [0.25, 0.3) is 0 Å². The van der Waals surface area contributed by atoms with E-state index >= 15 is 0 Å². The molecule has 0 radical (unpaired) electrons. The topological polar surface area (TPSA) is 63.3 Å². The number of alkyl halides is 1. The number of hydrogen-bond acceptors (Lipinski definition) is 2. The summed E-state index contributed by atoms with van der Waals surface area (Å²) in [6.45, 7) is 0. The zero-order valence-electron chi connectivity index (χ0n) is 6.92. The number of nitrogens with two attached hydrogens (primary N) is 1. The first kappa shape index (κ1) is 9.45. The molecule has 0 amide bonds. The van der Waals surface area contributed by atoms with Gasteiger partial charge in [0.2, 0.25) is 5.67 Å². The Kier molecular flexibility index (Phi) is 2.67. The standard InChI is InChI=1S/C8H14FNO2/c9-8(7(11)12)4-2-1-3-6(10)5-8/h6H,1-5,10H2,(H,11,12)/t6-,8+/m0/s1. The second-order valence-corrected chi connectivity index (χ2v) is 3.48. The molecule has 1 saturated carbocycles. The van der Waals surface area contributed by atoms with Crippen LogP contribution in [-0.2, 0) is 4.79 Å². The summed E-state index contributed by atoms with van der Waals surface area (Å²) in [6.07, 6.45) is 2.26. The van der Waals surface area contributed by atoms with Gasteiger partial charge in [-0.25, -0.2) is 9.18 Å². The second-order valence-electron chi connectivity index (χ2n) is 3.48. The lowest BCUT2D eigenvalue weighted by Crippen LogP contribution is -2.38. The number of carboxylic acids is 1. The first-order valence-corrected chi connectivity index (χ1v) is 4.22. The van der Waals surface area contributed by atoms with Crippen molar-refractivity contribution in [3.8, 4) is 0 Å². The molecular formula is C8H14FNO2. The van der Waals surface area contributed by atoms with Gasteiger partial charge in [-0.15, -0.1) is 0 Å². The van der Waals surface area contributed by atoms with Gasteiger partial charge < -0.3 is 10.8 Å². The van der Waals surface area contributed by atoms with Crippen LogP contribution >= 0.6 is 0 Å². The highest BCUT2D eigenvalue weighted by atomic mass is 19.1. The minimum Gasteiger partial charge on any atom is -0.479 e. The van der Waals surface area contributed by atoms with Crippen molar-refractivity contribution in [1.29, 1.82) is 0 Å². The molecule has 1 fully saturated rings. The molecule has 0 bridgehead atoms. The smallest absolute Gasteiger partial charge is 0.341 e. The van der Waals surface area contributed by atoms with Gasteiger partial charge in [0.15, 0.2) is 0 Å². The van der Waals surface area contributed by atoms with E-state index in [0.29, 0.717) is 6.42 Å². The van der Waals surface area contributed by atoms with E-state index in [-0.39, 0.29) is 18.9 Å². The zero-order valence-corrected chi connectivity index (χ0v) is 6.92. The van der Waals surface area contributed by atoms with Crippen molar-refractivity contribution >= 4 is 5.97 Å². The lowest BCUT2D eigenvalue weighted by Gasteiger charge is -2.20. The van der Waals surface area contributed by atoms with Crippen LogP contribution in [0.3, 0.4) is 0 Å². The van der Waals surface area contributed by atoms with E-state index in [1.165, 1.54) is 0 Å². The largest absolute Gasteiger partial charge is 0.479 e. The van der Waals surface area contributed by atoms with Crippen LogP contribution in [0.15, 0.2) is 0 Å². The molecule has 1 rings (SSSR count). The predicted octanol–water partition coefficient (Wildman–Crippen LogP) is 1.07. The van der Waals surface area contributed by atoms with Crippen molar-refractivity contribution in [2.75, 3.05) is 0 Å². The van der Waals surface area contributed by atoms with Crippen LogP contribution in [0, 0.1) is 0 Å². The van der Waals surface area contributed by atoms with Crippen molar-refractivity contribution in [3.05, 3.63) is 0 Å². The van der Waals surface area contributed by atoms with E-state index in [9.17, 15) is 9.18 Å². The second kappa shape index (κ2) is 3.39. The van der Waals surface area contributed by atoms with Gasteiger partial charge >= 0.3 is 5.97 Å². The Morgan fingerprint density at radius 3 is 2.83 bits per heavy atom. The molecule has 3 nitrogen and oxygen atoms in total. The summed E-state index contributed by atoms with van der Waals surface area (Å²) in [4.78, 5) is 10.5. The van der Waals surface area contributed by atoms with Crippen molar-refractivity contribution < 1.29 is 14.3 Å². The van der Waals surface area contributed by atoms with E-state index in [0.717, 1.165) is 12.8 Å². The SMILES string of the molecule is N[C@H]1CCCC[C@](F)(C(=O)O)C1. The van der Waals surface area contributed by atoms with E-state index < -0.39 is 11.6 Å². The molecule has 0 aromatic carbocycles. The van der Waals surface area contributed by atoms with Crippen LogP contribution in [-0.4, -0.2) is 22.8 Å². The van der Waals surface area contributed by atoms with Gasteiger partial charge in [-0.3, -0.25) is 0 Å².